The largest absolute Gasteiger partial charge is 2.00 e. The number of aromatic nitrogens is 2. The molecule has 2 N–H and O–H groups in total. The predicted molar refractivity (Wildman–Crippen MR) is 240 cm³/mol. The first kappa shape index (κ1) is 36.0. The number of rotatable bonds is 6. The SMILES string of the molecule is Oc1cc2c(cc1N1[CH-]N(CN3[CH-]N(c4cc5c6ccccc6n(-c6ccccc6)c5cc4O)c4ccccc43)c3ccccc31)c1ccccc1n2-c1ccccc1.[Pt+2]. The molecule has 0 saturated heterocycles. The zero-order valence-corrected chi connectivity index (χ0v) is 34.3. The minimum Gasteiger partial charge on any atom is -0.506 e. The number of hydrogen-bond donors (Lipinski definition) is 2. The van der Waals surface area contributed by atoms with Crippen LogP contribution in [0.3, 0.4) is 0 Å². The summed E-state index contributed by atoms with van der Waals surface area (Å²) in [5.41, 5.74) is 11.5. The van der Waals surface area contributed by atoms with Crippen molar-refractivity contribution in [2.24, 2.45) is 0 Å². The van der Waals surface area contributed by atoms with Gasteiger partial charge in [-0.2, -0.15) is 0 Å². The summed E-state index contributed by atoms with van der Waals surface area (Å²) < 4.78 is 4.43. The third kappa shape index (κ3) is 5.41. The molecule has 0 saturated carbocycles. The van der Waals surface area contributed by atoms with Crippen molar-refractivity contribution < 1.29 is 31.3 Å². The Balaban J connectivity index is 0.00000408. The molecule has 2 aliphatic heterocycles. The van der Waals surface area contributed by atoms with Crippen LogP contribution in [-0.2, 0) is 21.1 Å². The van der Waals surface area contributed by atoms with E-state index in [1.54, 1.807) is 0 Å². The van der Waals surface area contributed by atoms with Crippen molar-refractivity contribution in [2.45, 2.75) is 0 Å². The number of phenols is 2. The van der Waals surface area contributed by atoms with Crippen LogP contribution in [0.1, 0.15) is 0 Å². The number of phenolic OH excluding ortho intramolecular Hbond substituents is 2. The summed E-state index contributed by atoms with van der Waals surface area (Å²) in [6.07, 6.45) is 0. The molecular formula is C51H36N6O2Pt. The predicted octanol–water partition coefficient (Wildman–Crippen LogP) is 12.1. The van der Waals surface area contributed by atoms with E-state index in [9.17, 15) is 10.2 Å². The van der Waals surface area contributed by atoms with Gasteiger partial charge in [-0.1, -0.05) is 97.1 Å². The van der Waals surface area contributed by atoms with Crippen molar-refractivity contribution in [1.82, 2.24) is 9.13 Å². The van der Waals surface area contributed by atoms with Crippen molar-refractivity contribution in [2.75, 3.05) is 26.3 Å². The van der Waals surface area contributed by atoms with Crippen molar-refractivity contribution in [3.05, 3.63) is 195 Å². The maximum absolute atomic E-state index is 11.8. The van der Waals surface area contributed by atoms with Gasteiger partial charge in [-0.25, -0.2) is 0 Å². The Morgan fingerprint density at radius 1 is 0.350 bits per heavy atom. The fraction of sp³-hybridized carbons (Fsp3) is 0.0196. The van der Waals surface area contributed by atoms with E-state index in [1.165, 1.54) is 0 Å². The standard InChI is InChI=1S/C51H36N6O2.Pt/c58-50-29-46-38(36-19-7-9-21-40(36)56(46)34-15-3-1-4-16-34)27-48(50)54-32-52(42-23-11-13-25-44(42)54)31-53-33-55(45-26-14-12-24-43(45)53)49-28-39-37-20-8-10-22-41(37)57(47(39)30-51(49)59)35-17-5-2-6-18-35;/h1-30,32-33,58-59H,31H2;/q-2;+2. The number of hydrogen-bond acceptors (Lipinski definition) is 6. The van der Waals surface area contributed by atoms with E-state index >= 15 is 0 Å². The van der Waals surface area contributed by atoms with E-state index in [4.69, 9.17) is 0 Å². The zero-order chi connectivity index (χ0) is 39.2. The van der Waals surface area contributed by atoms with Gasteiger partial charge in [0, 0.05) is 74.5 Å². The van der Waals surface area contributed by atoms with Crippen LogP contribution in [0.4, 0.5) is 34.1 Å². The Labute approximate surface area is 360 Å². The van der Waals surface area contributed by atoms with Gasteiger partial charge in [-0.05, 0) is 72.8 Å². The van der Waals surface area contributed by atoms with Gasteiger partial charge in [0.2, 0.25) is 0 Å². The normalized spacial score (nSPS) is 13.5. The number of para-hydroxylation sites is 8. The van der Waals surface area contributed by atoms with Gasteiger partial charge >= 0.3 is 21.1 Å². The molecule has 292 valence electrons. The Kier molecular flexibility index (Phi) is 8.39. The zero-order valence-electron chi connectivity index (χ0n) is 32.1. The molecule has 0 spiro atoms. The van der Waals surface area contributed by atoms with E-state index in [0.29, 0.717) is 18.0 Å². The van der Waals surface area contributed by atoms with E-state index in [0.717, 1.165) is 77.7 Å². The molecule has 60 heavy (non-hydrogen) atoms. The van der Waals surface area contributed by atoms with Gasteiger partial charge in [-0.3, -0.25) is 0 Å². The van der Waals surface area contributed by atoms with E-state index in [2.05, 4.69) is 151 Å². The Morgan fingerprint density at radius 2 is 0.717 bits per heavy atom. The molecule has 0 amide bonds. The van der Waals surface area contributed by atoms with Crippen molar-refractivity contribution in [3.63, 3.8) is 0 Å². The van der Waals surface area contributed by atoms with Gasteiger partial charge in [0.05, 0.1) is 33.4 Å². The summed E-state index contributed by atoms with van der Waals surface area (Å²) in [5.74, 6) is 0.378. The molecule has 0 unspecified atom stereocenters. The summed E-state index contributed by atoms with van der Waals surface area (Å²) in [5, 5.41) is 28.0. The number of nitrogens with zero attached hydrogens (tertiary/aromatic N) is 6. The summed E-state index contributed by atoms with van der Waals surface area (Å²) >= 11 is 0. The van der Waals surface area contributed by atoms with Crippen LogP contribution in [0.5, 0.6) is 11.5 Å². The minimum atomic E-state index is 0. The van der Waals surface area contributed by atoms with Gasteiger partial charge in [0.1, 0.15) is 11.5 Å². The molecule has 0 atom stereocenters. The molecule has 8 aromatic carbocycles. The molecule has 2 aromatic heterocycles. The molecule has 0 bridgehead atoms. The molecule has 10 aromatic rings. The van der Waals surface area contributed by atoms with E-state index in [-0.39, 0.29) is 32.6 Å². The molecular weight excluding hydrogens is 924 g/mol. The summed E-state index contributed by atoms with van der Waals surface area (Å²) in [6.45, 7) is 4.62. The quantitative estimate of drug-likeness (QED) is 0.162. The number of aromatic hydroxyl groups is 2. The Bertz CT molecular complexity index is 3050. The summed E-state index contributed by atoms with van der Waals surface area (Å²) in [7, 11) is 0. The first-order chi connectivity index (χ1) is 29.1. The molecule has 8 nitrogen and oxygen atoms in total. The fourth-order valence-corrected chi connectivity index (χ4v) is 9.20. The molecule has 0 radical (unpaired) electrons. The van der Waals surface area contributed by atoms with Crippen LogP contribution in [0.15, 0.2) is 182 Å². The van der Waals surface area contributed by atoms with Crippen LogP contribution in [0.2, 0.25) is 0 Å². The van der Waals surface area contributed by atoms with E-state index in [1.807, 2.05) is 72.8 Å². The molecule has 0 aliphatic carbocycles. The molecule has 4 heterocycles. The maximum atomic E-state index is 11.8. The van der Waals surface area contributed by atoms with Gasteiger partial charge in [-0.15, -0.1) is 13.3 Å². The van der Waals surface area contributed by atoms with Crippen molar-refractivity contribution in [1.29, 1.82) is 0 Å². The monoisotopic (exact) mass is 959 g/mol. The van der Waals surface area contributed by atoms with Crippen LogP contribution in [0, 0.1) is 13.3 Å². The van der Waals surface area contributed by atoms with Crippen LogP contribution in [0.25, 0.3) is 55.0 Å². The van der Waals surface area contributed by atoms with Crippen LogP contribution >= 0.6 is 0 Å². The Hall–Kier alpha value is -7.15. The summed E-state index contributed by atoms with van der Waals surface area (Å²) in [6, 6.07) is 62.0. The third-order valence-electron chi connectivity index (χ3n) is 11.8. The maximum Gasteiger partial charge on any atom is 2.00 e. The number of benzene rings is 8. The van der Waals surface area contributed by atoms with Gasteiger partial charge in [0.15, 0.2) is 0 Å². The summed E-state index contributed by atoms with van der Waals surface area (Å²) in [4.78, 5) is 8.58. The first-order valence-electron chi connectivity index (χ1n) is 19.7. The minimum absolute atomic E-state index is 0. The second-order valence-electron chi connectivity index (χ2n) is 15.1. The fourth-order valence-electron chi connectivity index (χ4n) is 9.20. The topological polar surface area (TPSA) is 63.3 Å². The van der Waals surface area contributed by atoms with Gasteiger partial charge < -0.3 is 38.9 Å². The molecule has 12 rings (SSSR count). The van der Waals surface area contributed by atoms with Crippen molar-refractivity contribution >= 4 is 77.7 Å². The molecule has 9 heteroatoms. The first-order valence-corrected chi connectivity index (χ1v) is 19.7. The molecule has 2 aliphatic rings. The second-order valence-corrected chi connectivity index (χ2v) is 15.1. The smallest absolute Gasteiger partial charge is 0.506 e. The van der Waals surface area contributed by atoms with Crippen LogP contribution in [-0.4, -0.2) is 26.0 Å². The second kappa shape index (κ2) is 14.0. The van der Waals surface area contributed by atoms with Gasteiger partial charge in [0.25, 0.3) is 0 Å². The van der Waals surface area contributed by atoms with Crippen LogP contribution < -0.4 is 19.6 Å². The molecule has 0 fully saturated rings. The third-order valence-corrected chi connectivity index (χ3v) is 11.8. The number of anilines is 6. The average molecular weight is 960 g/mol. The van der Waals surface area contributed by atoms with Crippen molar-refractivity contribution in [3.8, 4) is 22.9 Å². The van der Waals surface area contributed by atoms with E-state index < -0.39 is 0 Å². The number of fused-ring (bicyclic) bond motifs is 8. The average Bonchev–Trinajstić information content (AvgIpc) is 4.01. The Morgan fingerprint density at radius 3 is 1.15 bits per heavy atom.